The van der Waals surface area contributed by atoms with Crippen LogP contribution in [0.1, 0.15) is 89.2 Å². The Bertz CT molecular complexity index is 733. The van der Waals surface area contributed by atoms with Crippen LogP contribution in [-0.2, 0) is 0 Å². The molecule has 5 heteroatoms. The minimum Gasteiger partial charge on any atom is -0.388 e. The molecule has 0 aliphatic heterocycles. The number of aliphatic hydroxyl groups excluding tert-OH is 1. The molecule has 0 aromatic heterocycles. The largest absolute Gasteiger partial charge is 0.388 e. The molecule has 1 atom stereocenters. The van der Waals surface area contributed by atoms with Gasteiger partial charge in [0.1, 0.15) is 5.69 Å². The second-order valence-corrected chi connectivity index (χ2v) is 7.63. The molecule has 3 N–H and O–H groups in total. The molecule has 2 rings (SSSR count). The van der Waals surface area contributed by atoms with Crippen molar-refractivity contribution in [3.63, 3.8) is 0 Å². The molecule has 154 valence electrons. The van der Waals surface area contributed by atoms with E-state index in [-0.39, 0.29) is 0 Å². The first-order valence-corrected chi connectivity index (χ1v) is 10.7. The Hall–Kier alpha value is -1.98. The molecule has 0 heterocycles. The van der Waals surface area contributed by atoms with Crippen LogP contribution in [0, 0.1) is 4.91 Å². The fourth-order valence-corrected chi connectivity index (χ4v) is 3.73. The number of rotatable bonds is 14. The van der Waals surface area contributed by atoms with E-state index < -0.39 is 6.10 Å². The number of anilines is 1. The lowest BCUT2D eigenvalue weighted by Gasteiger charge is -2.13. The van der Waals surface area contributed by atoms with Crippen LogP contribution in [0.4, 0.5) is 11.4 Å². The summed E-state index contributed by atoms with van der Waals surface area (Å²) in [4.78, 5) is 11.1. The van der Waals surface area contributed by atoms with Gasteiger partial charge in [-0.3, -0.25) is 10.7 Å². The van der Waals surface area contributed by atoms with E-state index in [4.69, 9.17) is 0 Å². The molecule has 0 amide bonds. The fourth-order valence-electron chi connectivity index (χ4n) is 3.73. The van der Waals surface area contributed by atoms with E-state index in [0.717, 1.165) is 18.4 Å². The van der Waals surface area contributed by atoms with Crippen LogP contribution in [0.15, 0.2) is 35.5 Å². The zero-order valence-corrected chi connectivity index (χ0v) is 17.0. The summed E-state index contributed by atoms with van der Waals surface area (Å²) in [7, 11) is 0. The molecule has 0 spiro atoms. The van der Waals surface area contributed by atoms with Gasteiger partial charge in [-0.1, -0.05) is 83.3 Å². The number of unbranched alkanes of at least 4 members (excludes halogenated alkanes) is 9. The molecule has 0 radical (unpaired) electrons. The van der Waals surface area contributed by atoms with Gasteiger partial charge in [0.25, 0.3) is 0 Å². The molecule has 5 nitrogen and oxygen atoms in total. The summed E-state index contributed by atoms with van der Waals surface area (Å²) in [5, 5.41) is 24.1. The molecule has 0 aliphatic carbocycles. The second kappa shape index (κ2) is 12.5. The van der Waals surface area contributed by atoms with Gasteiger partial charge in [-0.25, -0.2) is 0 Å². The van der Waals surface area contributed by atoms with Gasteiger partial charge in [0, 0.05) is 10.8 Å². The summed E-state index contributed by atoms with van der Waals surface area (Å²) in [5.74, 6) is 0. The predicted molar refractivity (Wildman–Crippen MR) is 116 cm³/mol. The highest BCUT2D eigenvalue weighted by molar-refractivity contribution is 6.01. The highest BCUT2D eigenvalue weighted by atomic mass is 16.5. The summed E-state index contributed by atoms with van der Waals surface area (Å²) < 4.78 is 0. The Balaban J connectivity index is 1.79. The molecule has 28 heavy (non-hydrogen) atoms. The normalized spacial score (nSPS) is 12.2. The van der Waals surface area contributed by atoms with Gasteiger partial charge < -0.3 is 5.11 Å². The first-order valence-electron chi connectivity index (χ1n) is 10.7. The SMILES string of the molecule is CCCCCCCCCCCCC(O)c1ccc2c(NO)ccc(N=O)c2c1. The maximum absolute atomic E-state index is 11.1. The summed E-state index contributed by atoms with van der Waals surface area (Å²) in [6.07, 6.45) is 12.8. The van der Waals surface area contributed by atoms with E-state index in [0.29, 0.717) is 28.6 Å². The van der Waals surface area contributed by atoms with E-state index >= 15 is 0 Å². The van der Waals surface area contributed by atoms with E-state index in [9.17, 15) is 15.2 Å². The average Bonchev–Trinajstić information content (AvgIpc) is 2.73. The molecule has 0 aliphatic rings. The van der Waals surface area contributed by atoms with E-state index in [1.807, 2.05) is 6.07 Å². The Morgan fingerprint density at radius 3 is 2.14 bits per heavy atom. The molecule has 1 unspecified atom stereocenters. The molecule has 2 aromatic carbocycles. The summed E-state index contributed by atoms with van der Waals surface area (Å²) >= 11 is 0. The Morgan fingerprint density at radius 1 is 0.893 bits per heavy atom. The summed E-state index contributed by atoms with van der Waals surface area (Å²) in [6.45, 7) is 2.24. The van der Waals surface area contributed by atoms with Gasteiger partial charge >= 0.3 is 0 Å². The number of benzene rings is 2. The molecular formula is C23H34N2O3. The predicted octanol–water partition coefficient (Wildman–Crippen LogP) is 7.38. The Morgan fingerprint density at radius 2 is 1.54 bits per heavy atom. The van der Waals surface area contributed by atoms with E-state index in [1.165, 1.54) is 51.4 Å². The number of hydrogen-bond acceptors (Lipinski definition) is 5. The lowest BCUT2D eigenvalue weighted by molar-refractivity contribution is 0.163. The minimum atomic E-state index is -0.552. The van der Waals surface area contributed by atoms with Crippen LogP contribution in [0.5, 0.6) is 0 Å². The standard InChI is InChI=1S/C23H34N2O3/c1-2-3-4-5-6-7-8-9-10-11-12-23(26)18-13-14-19-20(17-18)22(25-28)16-15-21(19)24-27/h13-17,23-24,26-27H,2-12H2,1H3. The van der Waals surface area contributed by atoms with Crippen molar-refractivity contribution in [2.24, 2.45) is 5.18 Å². The van der Waals surface area contributed by atoms with Gasteiger partial charge in [0.15, 0.2) is 0 Å². The molecule has 0 saturated carbocycles. The van der Waals surface area contributed by atoms with Crippen LogP contribution < -0.4 is 5.48 Å². The molecule has 2 aromatic rings. The zero-order chi connectivity index (χ0) is 20.2. The second-order valence-electron chi connectivity index (χ2n) is 7.63. The van der Waals surface area contributed by atoms with Crippen molar-refractivity contribution in [1.29, 1.82) is 0 Å². The molecule has 0 fully saturated rings. The van der Waals surface area contributed by atoms with Crippen LogP contribution in [-0.4, -0.2) is 10.3 Å². The molecule has 0 bridgehead atoms. The van der Waals surface area contributed by atoms with Crippen molar-refractivity contribution < 1.29 is 10.3 Å². The van der Waals surface area contributed by atoms with Crippen molar-refractivity contribution in [3.8, 4) is 0 Å². The Kier molecular flexibility index (Phi) is 9.94. The van der Waals surface area contributed by atoms with Crippen molar-refractivity contribution in [1.82, 2.24) is 0 Å². The number of nitrogens with one attached hydrogen (secondary N) is 1. The van der Waals surface area contributed by atoms with Crippen LogP contribution in [0.3, 0.4) is 0 Å². The minimum absolute atomic E-state index is 0.307. The third-order valence-electron chi connectivity index (χ3n) is 5.45. The first kappa shape index (κ1) is 22.3. The third kappa shape index (κ3) is 6.57. The maximum Gasteiger partial charge on any atom is 0.115 e. The lowest BCUT2D eigenvalue weighted by Crippen LogP contribution is -1.98. The number of fused-ring (bicyclic) bond motifs is 1. The van der Waals surface area contributed by atoms with Crippen molar-refractivity contribution in [2.75, 3.05) is 5.48 Å². The zero-order valence-electron chi connectivity index (χ0n) is 17.0. The lowest BCUT2D eigenvalue weighted by atomic mass is 9.98. The number of hydrogen-bond donors (Lipinski definition) is 3. The topological polar surface area (TPSA) is 81.9 Å². The van der Waals surface area contributed by atoms with Gasteiger partial charge in [0.05, 0.1) is 11.8 Å². The van der Waals surface area contributed by atoms with Crippen molar-refractivity contribution >= 4 is 22.1 Å². The maximum atomic E-state index is 11.1. The summed E-state index contributed by atoms with van der Waals surface area (Å²) in [5.41, 5.74) is 3.74. The number of nitrogens with zero attached hydrogens (tertiary/aromatic N) is 1. The van der Waals surface area contributed by atoms with E-state index in [2.05, 4.69) is 17.6 Å². The quantitative estimate of drug-likeness (QED) is 0.180. The smallest absolute Gasteiger partial charge is 0.115 e. The first-order chi connectivity index (χ1) is 13.7. The highest BCUT2D eigenvalue weighted by Crippen LogP contribution is 2.34. The Labute approximate surface area is 168 Å². The molecule has 0 saturated heterocycles. The van der Waals surface area contributed by atoms with Gasteiger partial charge in [-0.2, -0.15) is 0 Å². The number of nitroso groups, excluding NO2 is 1. The van der Waals surface area contributed by atoms with Crippen LogP contribution in [0.25, 0.3) is 10.8 Å². The van der Waals surface area contributed by atoms with Crippen LogP contribution in [0.2, 0.25) is 0 Å². The van der Waals surface area contributed by atoms with Crippen molar-refractivity contribution in [3.05, 3.63) is 40.8 Å². The van der Waals surface area contributed by atoms with Gasteiger partial charge in [-0.05, 0) is 35.4 Å². The van der Waals surface area contributed by atoms with Crippen molar-refractivity contribution in [2.45, 2.75) is 83.7 Å². The highest BCUT2D eigenvalue weighted by Gasteiger charge is 2.12. The number of aliphatic hydroxyl groups is 1. The average molecular weight is 387 g/mol. The van der Waals surface area contributed by atoms with Gasteiger partial charge in [-0.15, -0.1) is 4.91 Å². The van der Waals surface area contributed by atoms with E-state index in [1.54, 1.807) is 24.3 Å². The third-order valence-corrected chi connectivity index (χ3v) is 5.45. The fraction of sp³-hybridized carbons (Fsp3) is 0.565. The summed E-state index contributed by atoms with van der Waals surface area (Å²) in [6, 6.07) is 8.62. The molecular weight excluding hydrogens is 352 g/mol. The van der Waals surface area contributed by atoms with Gasteiger partial charge in [0.2, 0.25) is 0 Å². The monoisotopic (exact) mass is 386 g/mol. The van der Waals surface area contributed by atoms with Crippen LogP contribution >= 0.6 is 0 Å².